The first-order chi connectivity index (χ1) is 11.7. The molecule has 1 saturated heterocycles. The number of imidazole rings is 1. The Morgan fingerprint density at radius 3 is 2.88 bits per heavy atom. The van der Waals surface area contributed by atoms with Crippen LogP contribution < -0.4 is 10.6 Å². The van der Waals surface area contributed by atoms with Crippen molar-refractivity contribution < 1.29 is 4.79 Å². The van der Waals surface area contributed by atoms with Gasteiger partial charge in [0.25, 0.3) is 0 Å². The van der Waals surface area contributed by atoms with Gasteiger partial charge in [0.2, 0.25) is 5.91 Å². The predicted molar refractivity (Wildman–Crippen MR) is 111 cm³/mol. The van der Waals surface area contributed by atoms with Crippen molar-refractivity contribution >= 4 is 41.8 Å². The number of halogens is 2. The van der Waals surface area contributed by atoms with Gasteiger partial charge in [-0.3, -0.25) is 4.79 Å². The van der Waals surface area contributed by atoms with Crippen molar-refractivity contribution in [1.29, 1.82) is 0 Å². The van der Waals surface area contributed by atoms with E-state index in [0.717, 1.165) is 42.8 Å². The molecule has 1 aromatic carbocycles. The van der Waals surface area contributed by atoms with Crippen LogP contribution in [0.1, 0.15) is 38.4 Å². The molecular weight excluding hydrogens is 371 g/mol. The summed E-state index contributed by atoms with van der Waals surface area (Å²) in [7, 11) is 0. The van der Waals surface area contributed by atoms with Crippen LogP contribution in [0.4, 0.5) is 0 Å². The topological polar surface area (TPSA) is 69.8 Å². The third-order valence-electron chi connectivity index (χ3n) is 5.00. The summed E-state index contributed by atoms with van der Waals surface area (Å²) < 4.78 is 0. The molecule has 2 aromatic rings. The molecule has 0 spiro atoms. The first-order valence-corrected chi connectivity index (χ1v) is 9.13. The van der Waals surface area contributed by atoms with Crippen molar-refractivity contribution in [3.05, 3.63) is 30.1 Å². The SMILES string of the molecule is CC(CC(=O)NCCCc1nc2ccccc2[nH]1)C1CCCNC1.Cl.Cl. The number of rotatable bonds is 7. The maximum atomic E-state index is 12.1. The molecular formula is C19H30Cl2N4O. The molecule has 3 rings (SSSR count). The summed E-state index contributed by atoms with van der Waals surface area (Å²) in [6, 6.07) is 8.05. The largest absolute Gasteiger partial charge is 0.356 e. The van der Waals surface area contributed by atoms with E-state index in [1.807, 2.05) is 24.3 Å². The predicted octanol–water partition coefficient (Wildman–Crippen LogP) is 3.48. The zero-order chi connectivity index (χ0) is 16.8. The van der Waals surface area contributed by atoms with E-state index in [9.17, 15) is 4.79 Å². The fourth-order valence-electron chi connectivity index (χ4n) is 3.50. The summed E-state index contributed by atoms with van der Waals surface area (Å²) in [5.41, 5.74) is 2.08. The average molecular weight is 401 g/mol. The molecule has 3 N–H and O–H groups in total. The second-order valence-electron chi connectivity index (χ2n) is 6.94. The minimum absolute atomic E-state index is 0. The van der Waals surface area contributed by atoms with Gasteiger partial charge >= 0.3 is 0 Å². The van der Waals surface area contributed by atoms with Gasteiger partial charge < -0.3 is 15.6 Å². The van der Waals surface area contributed by atoms with Gasteiger partial charge in [0.15, 0.2) is 0 Å². The number of carbonyl (C=O) groups is 1. The molecule has 2 heterocycles. The molecule has 26 heavy (non-hydrogen) atoms. The third-order valence-corrected chi connectivity index (χ3v) is 5.00. The highest BCUT2D eigenvalue weighted by Gasteiger charge is 2.21. The lowest BCUT2D eigenvalue weighted by molar-refractivity contribution is -0.122. The minimum Gasteiger partial charge on any atom is -0.356 e. The molecule has 0 bridgehead atoms. The summed E-state index contributed by atoms with van der Waals surface area (Å²) >= 11 is 0. The molecule has 1 aliphatic heterocycles. The number of aromatic nitrogens is 2. The molecule has 1 amide bonds. The molecule has 2 unspecified atom stereocenters. The van der Waals surface area contributed by atoms with Crippen molar-refractivity contribution in [3.8, 4) is 0 Å². The number of amides is 1. The van der Waals surface area contributed by atoms with Crippen LogP contribution >= 0.6 is 24.8 Å². The Morgan fingerprint density at radius 1 is 1.35 bits per heavy atom. The fourth-order valence-corrected chi connectivity index (χ4v) is 3.50. The van der Waals surface area contributed by atoms with Crippen molar-refractivity contribution in [3.63, 3.8) is 0 Å². The lowest BCUT2D eigenvalue weighted by Gasteiger charge is -2.28. The number of aryl methyl sites for hydroxylation is 1. The van der Waals surface area contributed by atoms with Gasteiger partial charge in [-0.1, -0.05) is 19.1 Å². The van der Waals surface area contributed by atoms with Gasteiger partial charge in [0.1, 0.15) is 5.82 Å². The van der Waals surface area contributed by atoms with Crippen LogP contribution in [0.25, 0.3) is 11.0 Å². The van der Waals surface area contributed by atoms with Gasteiger partial charge in [-0.05, 0) is 56.3 Å². The first kappa shape index (κ1) is 22.7. The number of nitrogens with one attached hydrogen (secondary N) is 3. The molecule has 1 aromatic heterocycles. The Balaban J connectivity index is 0.00000169. The second-order valence-corrected chi connectivity index (χ2v) is 6.94. The summed E-state index contributed by atoms with van der Waals surface area (Å²) in [4.78, 5) is 20.0. The van der Waals surface area contributed by atoms with Crippen LogP contribution in [0.3, 0.4) is 0 Å². The monoisotopic (exact) mass is 400 g/mol. The highest BCUT2D eigenvalue weighted by Crippen LogP contribution is 2.22. The molecule has 0 aliphatic carbocycles. The third kappa shape index (κ3) is 6.45. The number of H-pyrrole nitrogens is 1. The molecule has 5 nitrogen and oxygen atoms in total. The maximum absolute atomic E-state index is 12.1. The number of para-hydroxylation sites is 2. The summed E-state index contributed by atoms with van der Waals surface area (Å²) in [5, 5.41) is 6.48. The summed E-state index contributed by atoms with van der Waals surface area (Å²) in [6.45, 7) is 5.09. The normalized spacial score (nSPS) is 17.8. The Kier molecular flexibility index (Phi) is 9.99. The number of fused-ring (bicyclic) bond motifs is 1. The van der Waals surface area contributed by atoms with Crippen molar-refractivity contribution in [2.75, 3.05) is 19.6 Å². The molecule has 0 radical (unpaired) electrons. The van der Waals surface area contributed by atoms with Crippen LogP contribution in [-0.2, 0) is 11.2 Å². The number of carbonyl (C=O) groups excluding carboxylic acids is 1. The van der Waals surface area contributed by atoms with Crippen LogP contribution in [0.15, 0.2) is 24.3 Å². The second kappa shape index (κ2) is 11.4. The van der Waals surface area contributed by atoms with Crippen LogP contribution in [-0.4, -0.2) is 35.5 Å². The molecule has 0 saturated carbocycles. The highest BCUT2D eigenvalue weighted by atomic mass is 35.5. The quantitative estimate of drug-likeness (QED) is 0.622. The molecule has 146 valence electrons. The number of aromatic amines is 1. The van der Waals surface area contributed by atoms with Crippen LogP contribution in [0.5, 0.6) is 0 Å². The number of benzene rings is 1. The van der Waals surface area contributed by atoms with E-state index in [1.165, 1.54) is 12.8 Å². The highest BCUT2D eigenvalue weighted by molar-refractivity contribution is 5.85. The van der Waals surface area contributed by atoms with E-state index >= 15 is 0 Å². The smallest absolute Gasteiger partial charge is 0.220 e. The zero-order valence-corrected chi connectivity index (χ0v) is 16.9. The summed E-state index contributed by atoms with van der Waals surface area (Å²) in [6.07, 6.45) is 4.88. The zero-order valence-electron chi connectivity index (χ0n) is 15.3. The maximum Gasteiger partial charge on any atom is 0.220 e. The van der Waals surface area contributed by atoms with E-state index in [2.05, 4.69) is 27.5 Å². The standard InChI is InChI=1S/C19H28N4O.2ClH/c1-14(15-6-4-10-20-13-15)12-19(24)21-11-5-9-18-22-16-7-2-3-8-17(16)23-18;;/h2-3,7-8,14-15,20H,4-6,9-13H2,1H3,(H,21,24)(H,22,23);2*1H. The van der Waals surface area contributed by atoms with E-state index in [1.54, 1.807) is 0 Å². The van der Waals surface area contributed by atoms with Crippen LogP contribution in [0.2, 0.25) is 0 Å². The number of nitrogens with zero attached hydrogens (tertiary/aromatic N) is 1. The van der Waals surface area contributed by atoms with E-state index in [-0.39, 0.29) is 30.7 Å². The number of piperidine rings is 1. The number of hydrogen-bond acceptors (Lipinski definition) is 3. The molecule has 1 aliphatic rings. The Labute approximate surface area is 167 Å². The van der Waals surface area contributed by atoms with E-state index in [0.29, 0.717) is 24.8 Å². The molecule has 2 atom stereocenters. The van der Waals surface area contributed by atoms with Crippen molar-refractivity contribution in [2.45, 2.75) is 39.0 Å². The molecule has 7 heteroatoms. The van der Waals surface area contributed by atoms with E-state index in [4.69, 9.17) is 0 Å². The first-order valence-electron chi connectivity index (χ1n) is 9.13. The summed E-state index contributed by atoms with van der Waals surface area (Å²) in [5.74, 6) is 2.26. The van der Waals surface area contributed by atoms with Gasteiger partial charge in [-0.25, -0.2) is 4.98 Å². The van der Waals surface area contributed by atoms with E-state index < -0.39 is 0 Å². The van der Waals surface area contributed by atoms with Gasteiger partial charge in [0, 0.05) is 19.4 Å². The fraction of sp³-hybridized carbons (Fsp3) is 0.579. The lowest BCUT2D eigenvalue weighted by atomic mass is 9.85. The molecule has 1 fully saturated rings. The Hall–Kier alpha value is -1.30. The van der Waals surface area contributed by atoms with Gasteiger partial charge in [0.05, 0.1) is 11.0 Å². The Morgan fingerprint density at radius 2 is 2.15 bits per heavy atom. The minimum atomic E-state index is 0. The number of hydrogen-bond donors (Lipinski definition) is 3. The van der Waals surface area contributed by atoms with Gasteiger partial charge in [-0.2, -0.15) is 0 Å². The average Bonchev–Trinajstić information content (AvgIpc) is 3.02. The van der Waals surface area contributed by atoms with Crippen molar-refractivity contribution in [1.82, 2.24) is 20.6 Å². The van der Waals surface area contributed by atoms with Crippen molar-refractivity contribution in [2.24, 2.45) is 11.8 Å². The van der Waals surface area contributed by atoms with Crippen LogP contribution in [0, 0.1) is 11.8 Å². The Bertz CT molecular complexity index is 637. The van der Waals surface area contributed by atoms with Gasteiger partial charge in [-0.15, -0.1) is 24.8 Å². The lowest BCUT2D eigenvalue weighted by Crippen LogP contribution is -2.35.